The number of nitrogens with one attached hydrogen (secondary N) is 1. The molecule has 0 unspecified atom stereocenters. The Morgan fingerprint density at radius 3 is 2.32 bits per heavy atom. The molecule has 0 aliphatic heterocycles. The van der Waals surface area contributed by atoms with E-state index >= 15 is 0 Å². The number of aliphatic hydroxyl groups excluding tert-OH is 1. The number of esters is 1. The van der Waals surface area contributed by atoms with Gasteiger partial charge in [0.2, 0.25) is 0 Å². The largest absolute Gasteiger partial charge is 0.506 e. The molecule has 3 aromatic rings. The number of benzene rings is 2. The van der Waals surface area contributed by atoms with Crippen LogP contribution in [0, 0.1) is 0 Å². The Labute approximate surface area is 178 Å². The molecule has 0 aliphatic carbocycles. The first-order valence-corrected chi connectivity index (χ1v) is 9.59. The molecule has 0 radical (unpaired) electrons. The third-order valence-electron chi connectivity index (χ3n) is 4.39. The summed E-state index contributed by atoms with van der Waals surface area (Å²) in [5, 5.41) is 22.1. The average Bonchev–Trinajstić information content (AvgIpc) is 2.70. The number of aromatic hydroxyl groups is 1. The van der Waals surface area contributed by atoms with Gasteiger partial charge in [-0.3, -0.25) is 9.59 Å². The molecule has 3 N–H and O–H groups in total. The maximum atomic E-state index is 12.4. The second-order valence-electron chi connectivity index (χ2n) is 7.95. The van der Waals surface area contributed by atoms with E-state index in [0.29, 0.717) is 0 Å². The summed E-state index contributed by atoms with van der Waals surface area (Å²) in [5.41, 5.74) is 0.0746. The average molecular weight is 425 g/mol. The Morgan fingerprint density at radius 1 is 1.06 bits per heavy atom. The second kappa shape index (κ2) is 8.61. The van der Waals surface area contributed by atoms with Crippen LogP contribution in [0.25, 0.3) is 22.1 Å². The SMILES string of the molecule is CC(C)(C)OC(=O)CNC(=O)c1c(O)c2ccc(-c3ccc(CO)cc3)cc2oc1=O. The van der Waals surface area contributed by atoms with Gasteiger partial charge < -0.3 is 24.7 Å². The molecule has 162 valence electrons. The number of ether oxygens (including phenoxy) is 1. The van der Waals surface area contributed by atoms with Gasteiger partial charge >= 0.3 is 11.6 Å². The molecular formula is C23H23NO7. The number of aliphatic hydroxyl groups is 1. The zero-order chi connectivity index (χ0) is 22.8. The number of carbonyl (C=O) groups is 2. The highest BCUT2D eigenvalue weighted by atomic mass is 16.6. The van der Waals surface area contributed by atoms with Crippen molar-refractivity contribution in [1.29, 1.82) is 0 Å². The van der Waals surface area contributed by atoms with E-state index < -0.39 is 41.0 Å². The summed E-state index contributed by atoms with van der Waals surface area (Å²) in [6.07, 6.45) is 0. The molecule has 0 fully saturated rings. The highest BCUT2D eigenvalue weighted by Gasteiger charge is 2.23. The fourth-order valence-electron chi connectivity index (χ4n) is 2.99. The Kier molecular flexibility index (Phi) is 6.12. The normalized spacial score (nSPS) is 11.4. The van der Waals surface area contributed by atoms with Crippen LogP contribution in [0.5, 0.6) is 5.75 Å². The molecule has 2 aromatic carbocycles. The molecule has 1 aromatic heterocycles. The van der Waals surface area contributed by atoms with E-state index in [1.54, 1.807) is 45.0 Å². The molecule has 3 rings (SSSR count). The van der Waals surface area contributed by atoms with Crippen molar-refractivity contribution in [3.05, 3.63) is 64.0 Å². The van der Waals surface area contributed by atoms with E-state index in [0.717, 1.165) is 16.7 Å². The number of hydrogen-bond donors (Lipinski definition) is 3. The molecule has 0 atom stereocenters. The van der Waals surface area contributed by atoms with Gasteiger partial charge in [-0.15, -0.1) is 0 Å². The van der Waals surface area contributed by atoms with Crippen LogP contribution in [-0.4, -0.2) is 34.2 Å². The van der Waals surface area contributed by atoms with Gasteiger partial charge in [0.1, 0.15) is 23.5 Å². The standard InChI is InChI=1S/C23H23NO7/c1-23(2,3)31-18(26)11-24-21(28)19-20(27)16-9-8-15(10-17(16)30-22(19)29)14-6-4-13(12-25)5-7-14/h4-10,25,27H,11-12H2,1-3H3,(H,24,28). The fraction of sp³-hybridized carbons (Fsp3) is 0.261. The maximum Gasteiger partial charge on any atom is 0.353 e. The van der Waals surface area contributed by atoms with E-state index in [1.807, 2.05) is 12.1 Å². The van der Waals surface area contributed by atoms with E-state index in [-0.39, 0.29) is 17.6 Å². The first kappa shape index (κ1) is 22.0. The lowest BCUT2D eigenvalue weighted by atomic mass is 10.0. The third kappa shape index (κ3) is 5.10. The Morgan fingerprint density at radius 2 is 1.71 bits per heavy atom. The van der Waals surface area contributed by atoms with Crippen LogP contribution in [0.1, 0.15) is 36.7 Å². The van der Waals surface area contributed by atoms with E-state index in [2.05, 4.69) is 5.32 Å². The van der Waals surface area contributed by atoms with Crippen molar-refractivity contribution in [3.63, 3.8) is 0 Å². The highest BCUT2D eigenvalue weighted by molar-refractivity contribution is 6.02. The third-order valence-corrected chi connectivity index (χ3v) is 4.39. The van der Waals surface area contributed by atoms with Crippen molar-refractivity contribution < 1.29 is 29.0 Å². The monoisotopic (exact) mass is 425 g/mol. The maximum absolute atomic E-state index is 12.4. The number of rotatable bonds is 5. The van der Waals surface area contributed by atoms with Gasteiger partial charge in [-0.05, 0) is 49.6 Å². The molecule has 0 saturated carbocycles. The fourth-order valence-corrected chi connectivity index (χ4v) is 2.99. The van der Waals surface area contributed by atoms with Crippen molar-refractivity contribution in [2.24, 2.45) is 0 Å². The summed E-state index contributed by atoms with van der Waals surface area (Å²) < 4.78 is 10.3. The Hall–Kier alpha value is -3.65. The van der Waals surface area contributed by atoms with Gasteiger partial charge in [-0.1, -0.05) is 30.3 Å². The summed E-state index contributed by atoms with van der Waals surface area (Å²) in [5.74, 6) is -2.15. The molecule has 0 saturated heterocycles. The van der Waals surface area contributed by atoms with Gasteiger partial charge in [-0.25, -0.2) is 4.79 Å². The Bertz CT molecular complexity index is 1190. The molecule has 8 nitrogen and oxygen atoms in total. The van der Waals surface area contributed by atoms with Crippen LogP contribution in [0.15, 0.2) is 51.7 Å². The lowest BCUT2D eigenvalue weighted by Crippen LogP contribution is -2.36. The van der Waals surface area contributed by atoms with Crippen molar-refractivity contribution in [2.75, 3.05) is 6.54 Å². The molecule has 1 heterocycles. The zero-order valence-corrected chi connectivity index (χ0v) is 17.4. The molecule has 1 amide bonds. The van der Waals surface area contributed by atoms with E-state index in [1.165, 1.54) is 6.07 Å². The predicted octanol–water partition coefficient (Wildman–Crippen LogP) is 2.73. The van der Waals surface area contributed by atoms with Crippen LogP contribution in [-0.2, 0) is 16.1 Å². The minimum absolute atomic E-state index is 0.0699. The van der Waals surface area contributed by atoms with Crippen LogP contribution in [0.3, 0.4) is 0 Å². The van der Waals surface area contributed by atoms with Crippen molar-refractivity contribution in [1.82, 2.24) is 5.32 Å². The minimum Gasteiger partial charge on any atom is -0.506 e. The number of hydrogen-bond acceptors (Lipinski definition) is 7. The summed E-state index contributed by atoms with van der Waals surface area (Å²) in [4.78, 5) is 36.5. The first-order valence-electron chi connectivity index (χ1n) is 9.59. The van der Waals surface area contributed by atoms with Gasteiger partial charge in [0.15, 0.2) is 5.56 Å². The second-order valence-corrected chi connectivity index (χ2v) is 7.95. The predicted molar refractivity (Wildman–Crippen MR) is 114 cm³/mol. The number of carbonyl (C=O) groups excluding carboxylic acids is 2. The van der Waals surface area contributed by atoms with Crippen molar-refractivity contribution in [2.45, 2.75) is 33.0 Å². The lowest BCUT2D eigenvalue weighted by molar-refractivity contribution is -0.153. The zero-order valence-electron chi connectivity index (χ0n) is 17.4. The van der Waals surface area contributed by atoms with Crippen LogP contribution in [0.4, 0.5) is 0 Å². The van der Waals surface area contributed by atoms with Gasteiger partial charge in [0.25, 0.3) is 5.91 Å². The van der Waals surface area contributed by atoms with Gasteiger partial charge in [0.05, 0.1) is 12.0 Å². The van der Waals surface area contributed by atoms with Crippen LogP contribution >= 0.6 is 0 Å². The quantitative estimate of drug-likeness (QED) is 0.424. The summed E-state index contributed by atoms with van der Waals surface area (Å²) in [6.45, 7) is 4.53. The van der Waals surface area contributed by atoms with Gasteiger partial charge in [0, 0.05) is 0 Å². The Balaban J connectivity index is 1.88. The molecule has 8 heteroatoms. The van der Waals surface area contributed by atoms with E-state index in [4.69, 9.17) is 14.3 Å². The minimum atomic E-state index is -1.03. The first-order chi connectivity index (χ1) is 14.6. The topological polar surface area (TPSA) is 126 Å². The van der Waals surface area contributed by atoms with Crippen LogP contribution in [0.2, 0.25) is 0 Å². The molecule has 31 heavy (non-hydrogen) atoms. The van der Waals surface area contributed by atoms with Crippen molar-refractivity contribution in [3.8, 4) is 16.9 Å². The smallest absolute Gasteiger partial charge is 0.353 e. The van der Waals surface area contributed by atoms with Crippen molar-refractivity contribution >= 4 is 22.8 Å². The van der Waals surface area contributed by atoms with Crippen LogP contribution < -0.4 is 10.9 Å². The number of fused-ring (bicyclic) bond motifs is 1. The molecule has 0 aliphatic rings. The molecular weight excluding hydrogens is 402 g/mol. The molecule has 0 bridgehead atoms. The van der Waals surface area contributed by atoms with Gasteiger partial charge in [-0.2, -0.15) is 0 Å². The summed E-state index contributed by atoms with van der Waals surface area (Å²) >= 11 is 0. The lowest BCUT2D eigenvalue weighted by Gasteiger charge is -2.19. The summed E-state index contributed by atoms with van der Waals surface area (Å²) in [7, 11) is 0. The number of amides is 1. The molecule has 0 spiro atoms. The highest BCUT2D eigenvalue weighted by Crippen LogP contribution is 2.30. The van der Waals surface area contributed by atoms with E-state index in [9.17, 15) is 19.5 Å². The summed E-state index contributed by atoms with van der Waals surface area (Å²) in [6, 6.07) is 12.0.